The van der Waals surface area contributed by atoms with Gasteiger partial charge < -0.3 is 15.0 Å². The van der Waals surface area contributed by atoms with Gasteiger partial charge in [0.1, 0.15) is 0 Å². The summed E-state index contributed by atoms with van der Waals surface area (Å²) < 4.78 is 5.07. The summed E-state index contributed by atoms with van der Waals surface area (Å²) in [5.41, 5.74) is 0.838. The molecular weight excluding hydrogens is 330 g/mol. The van der Waals surface area contributed by atoms with Crippen molar-refractivity contribution in [3.05, 3.63) is 50.7 Å². The van der Waals surface area contributed by atoms with E-state index in [2.05, 4.69) is 5.32 Å². The van der Waals surface area contributed by atoms with E-state index in [0.717, 1.165) is 0 Å². The lowest BCUT2D eigenvalue weighted by molar-refractivity contribution is -0.384. The molecule has 0 bridgehead atoms. The maximum atomic E-state index is 12.4. The molecular formula is C16H15N3O6. The molecule has 130 valence electrons. The fraction of sp³-hybridized carbons (Fsp3) is 0.312. The highest BCUT2D eigenvalue weighted by molar-refractivity contribution is 6.05. The minimum Gasteiger partial charge on any atom is -0.463 e. The molecule has 0 aliphatic carbocycles. The summed E-state index contributed by atoms with van der Waals surface area (Å²) in [5.74, 6) is -1.03. The van der Waals surface area contributed by atoms with E-state index >= 15 is 0 Å². The fourth-order valence-electron chi connectivity index (χ4n) is 3.12. The minimum atomic E-state index is -0.818. The lowest BCUT2D eigenvalue weighted by Gasteiger charge is -2.40. The van der Waals surface area contributed by atoms with Crippen molar-refractivity contribution >= 4 is 23.5 Å². The van der Waals surface area contributed by atoms with E-state index in [4.69, 9.17) is 4.74 Å². The number of esters is 1. The van der Waals surface area contributed by atoms with E-state index in [1.54, 1.807) is 13.8 Å². The van der Waals surface area contributed by atoms with Gasteiger partial charge in [0.05, 0.1) is 29.7 Å². The van der Waals surface area contributed by atoms with Crippen LogP contribution in [0.4, 0.5) is 10.5 Å². The Labute approximate surface area is 142 Å². The van der Waals surface area contributed by atoms with Gasteiger partial charge in [-0.05, 0) is 25.5 Å². The fourth-order valence-corrected chi connectivity index (χ4v) is 3.12. The van der Waals surface area contributed by atoms with Crippen LogP contribution in [-0.2, 0) is 9.53 Å². The van der Waals surface area contributed by atoms with Crippen molar-refractivity contribution in [2.45, 2.75) is 19.9 Å². The van der Waals surface area contributed by atoms with Crippen molar-refractivity contribution in [2.24, 2.45) is 0 Å². The van der Waals surface area contributed by atoms with Gasteiger partial charge >= 0.3 is 12.0 Å². The first-order chi connectivity index (χ1) is 11.8. The Balaban J connectivity index is 2.19. The molecule has 1 atom stereocenters. The summed E-state index contributed by atoms with van der Waals surface area (Å²) in [7, 11) is 0. The number of non-ortho nitro benzene ring substituents is 1. The van der Waals surface area contributed by atoms with E-state index in [1.807, 2.05) is 0 Å². The highest BCUT2D eigenvalue weighted by Gasteiger charge is 2.44. The molecule has 2 amide bonds. The first-order valence-electron chi connectivity index (χ1n) is 7.62. The predicted molar refractivity (Wildman–Crippen MR) is 84.7 cm³/mol. The summed E-state index contributed by atoms with van der Waals surface area (Å²) in [4.78, 5) is 48.6. The maximum Gasteiger partial charge on any atom is 0.338 e. The number of carbonyl (C=O) groups excluding carboxylic acids is 3. The molecule has 1 aromatic rings. The third kappa shape index (κ3) is 2.63. The zero-order chi connectivity index (χ0) is 18.3. The summed E-state index contributed by atoms with van der Waals surface area (Å²) in [6.07, 6.45) is 0. The molecule has 25 heavy (non-hydrogen) atoms. The Bertz CT molecular complexity index is 844. The van der Waals surface area contributed by atoms with Crippen LogP contribution in [0.25, 0.3) is 0 Å². The maximum absolute atomic E-state index is 12.4. The Kier molecular flexibility index (Phi) is 3.99. The Morgan fingerprint density at radius 3 is 2.80 bits per heavy atom. The third-order valence-corrected chi connectivity index (χ3v) is 4.20. The second-order valence-electron chi connectivity index (χ2n) is 5.67. The number of carbonyl (C=O) groups is 3. The van der Waals surface area contributed by atoms with Crippen LogP contribution in [0.15, 0.2) is 29.5 Å². The molecule has 1 unspecified atom stereocenters. The number of nitrogens with zero attached hydrogens (tertiary/aromatic N) is 2. The number of allylic oxidation sites excluding steroid dienone is 1. The summed E-state index contributed by atoms with van der Waals surface area (Å²) >= 11 is 0. The van der Waals surface area contributed by atoms with Crippen LogP contribution in [0.5, 0.6) is 0 Å². The molecule has 0 radical (unpaired) electrons. The number of rotatable bonds is 3. The van der Waals surface area contributed by atoms with Crippen LogP contribution >= 0.6 is 0 Å². The van der Waals surface area contributed by atoms with Gasteiger partial charge in [-0.1, -0.05) is 0 Å². The van der Waals surface area contributed by atoms with Gasteiger partial charge in [-0.2, -0.15) is 0 Å². The van der Waals surface area contributed by atoms with Gasteiger partial charge in [-0.15, -0.1) is 0 Å². The lowest BCUT2D eigenvalue weighted by Crippen LogP contribution is -2.52. The number of nitrogens with one attached hydrogen (secondary N) is 1. The number of fused-ring (bicyclic) bond motifs is 3. The molecule has 3 rings (SSSR count). The average molecular weight is 345 g/mol. The zero-order valence-corrected chi connectivity index (χ0v) is 13.6. The molecule has 2 aliphatic heterocycles. The van der Waals surface area contributed by atoms with Crippen LogP contribution in [0.2, 0.25) is 0 Å². The SMILES string of the molecule is CCOC(=O)C1=C(C)NC(=O)N2CC(=O)c3cc([N+](=O)[O-])ccc3C12. The first kappa shape index (κ1) is 16.6. The number of nitro benzene ring substituents is 1. The highest BCUT2D eigenvalue weighted by atomic mass is 16.6. The summed E-state index contributed by atoms with van der Waals surface area (Å²) in [6.45, 7) is 3.11. The summed E-state index contributed by atoms with van der Waals surface area (Å²) in [6, 6.07) is 2.52. The molecule has 0 saturated heterocycles. The number of ether oxygens (including phenoxy) is 1. The highest BCUT2D eigenvalue weighted by Crippen LogP contribution is 2.40. The van der Waals surface area contributed by atoms with Crippen LogP contribution in [0.3, 0.4) is 0 Å². The van der Waals surface area contributed by atoms with Crippen molar-refractivity contribution in [3.8, 4) is 0 Å². The van der Waals surface area contributed by atoms with E-state index in [9.17, 15) is 24.5 Å². The van der Waals surface area contributed by atoms with Crippen molar-refractivity contribution in [2.75, 3.05) is 13.2 Å². The van der Waals surface area contributed by atoms with Crippen molar-refractivity contribution < 1.29 is 24.0 Å². The Hall–Kier alpha value is -3.23. The number of amides is 2. The van der Waals surface area contributed by atoms with Gasteiger partial charge in [0.25, 0.3) is 5.69 Å². The molecule has 0 aromatic heterocycles. The standard InChI is InChI=1S/C16H15N3O6/c1-3-25-15(21)13-8(2)17-16(22)18-7-12(20)11-6-9(19(23)24)4-5-10(11)14(13)18/h4-6,14H,3,7H2,1-2H3,(H,17,22). The Morgan fingerprint density at radius 2 is 2.16 bits per heavy atom. The normalized spacial score (nSPS) is 19.1. The molecule has 0 saturated carbocycles. The molecule has 0 spiro atoms. The van der Waals surface area contributed by atoms with Crippen LogP contribution in [0, 0.1) is 10.1 Å². The first-order valence-corrected chi connectivity index (χ1v) is 7.62. The smallest absolute Gasteiger partial charge is 0.338 e. The summed E-state index contributed by atoms with van der Waals surface area (Å²) in [5, 5.41) is 13.5. The number of hydrogen-bond donors (Lipinski definition) is 1. The minimum absolute atomic E-state index is 0.139. The number of nitro groups is 1. The van der Waals surface area contributed by atoms with Crippen LogP contribution in [-0.4, -0.2) is 40.8 Å². The molecule has 2 heterocycles. The predicted octanol–water partition coefficient (Wildman–Crippen LogP) is 1.69. The van der Waals surface area contributed by atoms with E-state index in [-0.39, 0.29) is 30.0 Å². The number of benzene rings is 1. The Morgan fingerprint density at radius 1 is 1.44 bits per heavy atom. The monoisotopic (exact) mass is 345 g/mol. The largest absolute Gasteiger partial charge is 0.463 e. The number of hydrogen-bond acceptors (Lipinski definition) is 6. The van der Waals surface area contributed by atoms with Crippen LogP contribution in [0.1, 0.15) is 35.8 Å². The van der Waals surface area contributed by atoms with Crippen molar-refractivity contribution in [1.82, 2.24) is 10.2 Å². The molecule has 0 fully saturated rings. The van der Waals surface area contributed by atoms with Gasteiger partial charge in [0.15, 0.2) is 5.78 Å². The lowest BCUT2D eigenvalue weighted by atomic mass is 9.85. The second-order valence-corrected chi connectivity index (χ2v) is 5.67. The van der Waals surface area contributed by atoms with Gasteiger partial charge in [0, 0.05) is 23.4 Å². The second kappa shape index (κ2) is 6.00. The van der Waals surface area contributed by atoms with E-state index in [1.165, 1.54) is 23.1 Å². The third-order valence-electron chi connectivity index (χ3n) is 4.20. The van der Waals surface area contributed by atoms with E-state index < -0.39 is 28.7 Å². The molecule has 9 heteroatoms. The molecule has 2 aliphatic rings. The van der Waals surface area contributed by atoms with Gasteiger partial charge in [-0.3, -0.25) is 14.9 Å². The number of Topliss-reactive ketones (excluding diaryl/α,β-unsaturated/α-hetero) is 1. The topological polar surface area (TPSA) is 119 Å². The van der Waals surface area contributed by atoms with Crippen LogP contribution < -0.4 is 5.32 Å². The quantitative estimate of drug-likeness (QED) is 0.506. The van der Waals surface area contributed by atoms with Crippen molar-refractivity contribution in [3.63, 3.8) is 0 Å². The molecule has 1 N–H and O–H groups in total. The van der Waals surface area contributed by atoms with Gasteiger partial charge in [0.2, 0.25) is 0 Å². The number of urea groups is 1. The van der Waals surface area contributed by atoms with E-state index in [0.29, 0.717) is 11.3 Å². The van der Waals surface area contributed by atoms with Crippen molar-refractivity contribution in [1.29, 1.82) is 0 Å². The number of ketones is 1. The average Bonchev–Trinajstić information content (AvgIpc) is 2.56. The molecule has 9 nitrogen and oxygen atoms in total. The van der Waals surface area contributed by atoms with Gasteiger partial charge in [-0.25, -0.2) is 9.59 Å². The zero-order valence-electron chi connectivity index (χ0n) is 13.6. The molecule has 1 aromatic carbocycles.